The summed E-state index contributed by atoms with van der Waals surface area (Å²) < 4.78 is 23.6. The Hall–Kier alpha value is -1.30. The summed E-state index contributed by atoms with van der Waals surface area (Å²) >= 11 is 0. The molecule has 27 heavy (non-hydrogen) atoms. The molecule has 1 aromatic carbocycles. The number of methoxy groups -OCH3 is 2. The van der Waals surface area contributed by atoms with Gasteiger partial charge in [0.2, 0.25) is 0 Å². The zero-order valence-electron chi connectivity index (χ0n) is 15.9. The summed E-state index contributed by atoms with van der Waals surface area (Å²) in [5, 5.41) is 3.96. The van der Waals surface area contributed by atoms with E-state index < -0.39 is 0 Å². The van der Waals surface area contributed by atoms with Crippen LogP contribution in [-0.4, -0.2) is 39.3 Å². The van der Waals surface area contributed by atoms with E-state index in [4.69, 9.17) is 18.9 Å². The van der Waals surface area contributed by atoms with Crippen LogP contribution in [0, 0.1) is 47.3 Å². The lowest BCUT2D eigenvalue weighted by molar-refractivity contribution is -0.264. The standard InChI is InChI=1S/C22H27NO4/c1-24-11-5-10(6-12(7-11)25-2)9-23-21-17-13-8-14-16-15(13)18(21)20(16)22(19(14)17)26-3-4-27-22/h5-7,13-21,23H,3-4,8-9H2,1-2H3/t13-,14+,15-,16+,17+,18-,19-,20+,21-/m0/s1. The number of ether oxygens (including phenoxy) is 4. The molecule has 1 spiro atoms. The molecule has 1 N–H and O–H groups in total. The van der Waals surface area contributed by atoms with Gasteiger partial charge in [0.1, 0.15) is 11.5 Å². The van der Waals surface area contributed by atoms with Crippen molar-refractivity contribution in [3.63, 3.8) is 0 Å². The molecule has 5 nitrogen and oxygen atoms in total. The summed E-state index contributed by atoms with van der Waals surface area (Å²) in [4.78, 5) is 0. The number of hydrogen-bond donors (Lipinski definition) is 1. The minimum absolute atomic E-state index is 0.205. The van der Waals surface area contributed by atoms with Gasteiger partial charge in [-0.3, -0.25) is 0 Å². The van der Waals surface area contributed by atoms with Gasteiger partial charge >= 0.3 is 0 Å². The highest BCUT2D eigenvalue weighted by Gasteiger charge is 2.88. The topological polar surface area (TPSA) is 49.0 Å². The second-order valence-electron chi connectivity index (χ2n) is 9.47. The molecule has 144 valence electrons. The lowest BCUT2D eigenvalue weighted by Crippen LogP contribution is -2.62. The highest BCUT2D eigenvalue weighted by Crippen LogP contribution is 2.86. The summed E-state index contributed by atoms with van der Waals surface area (Å²) in [5.41, 5.74) is 1.23. The summed E-state index contributed by atoms with van der Waals surface area (Å²) in [7, 11) is 3.42. The van der Waals surface area contributed by atoms with Crippen molar-refractivity contribution in [2.24, 2.45) is 47.3 Å². The molecule has 5 saturated carbocycles. The quantitative estimate of drug-likeness (QED) is 0.863. The lowest BCUT2D eigenvalue weighted by Gasteiger charge is -2.54. The molecule has 1 heterocycles. The van der Waals surface area contributed by atoms with Gasteiger partial charge in [-0.1, -0.05) is 0 Å². The Kier molecular flexibility index (Phi) is 2.89. The summed E-state index contributed by atoms with van der Waals surface area (Å²) in [6.45, 7) is 2.46. The van der Waals surface area contributed by atoms with E-state index in [1.54, 1.807) is 14.2 Å². The molecule has 5 aliphatic carbocycles. The first-order valence-electron chi connectivity index (χ1n) is 10.5. The minimum atomic E-state index is -0.205. The zero-order valence-corrected chi connectivity index (χ0v) is 15.9. The predicted molar refractivity (Wildman–Crippen MR) is 97.3 cm³/mol. The first-order chi connectivity index (χ1) is 13.3. The van der Waals surface area contributed by atoms with Gasteiger partial charge in [0, 0.05) is 30.5 Å². The Morgan fingerprint density at radius 3 is 2.37 bits per heavy atom. The first kappa shape index (κ1) is 15.6. The number of fused-ring (bicyclic) bond motifs is 4. The molecule has 1 aromatic rings. The molecule has 9 atom stereocenters. The highest BCUT2D eigenvalue weighted by atomic mass is 16.7. The van der Waals surface area contributed by atoms with Crippen molar-refractivity contribution in [2.75, 3.05) is 27.4 Å². The molecule has 0 radical (unpaired) electrons. The van der Waals surface area contributed by atoms with Gasteiger partial charge in [0.25, 0.3) is 0 Å². The van der Waals surface area contributed by atoms with Gasteiger partial charge < -0.3 is 24.3 Å². The van der Waals surface area contributed by atoms with Crippen LogP contribution < -0.4 is 14.8 Å². The molecule has 1 aliphatic heterocycles. The molecule has 0 unspecified atom stereocenters. The molecule has 6 aliphatic rings. The molecule has 7 rings (SSSR count). The van der Waals surface area contributed by atoms with Crippen LogP contribution in [0.2, 0.25) is 0 Å². The maximum atomic E-state index is 6.35. The van der Waals surface area contributed by atoms with Crippen molar-refractivity contribution in [1.82, 2.24) is 5.32 Å². The first-order valence-corrected chi connectivity index (χ1v) is 10.5. The molecular formula is C22H27NO4. The van der Waals surface area contributed by atoms with Crippen LogP contribution in [0.15, 0.2) is 18.2 Å². The van der Waals surface area contributed by atoms with E-state index in [9.17, 15) is 0 Å². The Labute approximate surface area is 159 Å². The van der Waals surface area contributed by atoms with Crippen LogP contribution in [0.3, 0.4) is 0 Å². The van der Waals surface area contributed by atoms with Gasteiger partial charge in [0.05, 0.1) is 27.4 Å². The van der Waals surface area contributed by atoms with Crippen molar-refractivity contribution >= 4 is 0 Å². The van der Waals surface area contributed by atoms with Gasteiger partial charge in [-0.25, -0.2) is 0 Å². The van der Waals surface area contributed by atoms with Crippen molar-refractivity contribution in [3.05, 3.63) is 23.8 Å². The Balaban J connectivity index is 1.17. The molecule has 2 bridgehead atoms. The van der Waals surface area contributed by atoms with E-state index in [0.29, 0.717) is 17.9 Å². The van der Waals surface area contributed by atoms with E-state index >= 15 is 0 Å². The molecule has 6 fully saturated rings. The van der Waals surface area contributed by atoms with E-state index in [1.807, 2.05) is 6.07 Å². The average Bonchev–Trinajstić information content (AvgIpc) is 3.37. The molecular weight excluding hydrogens is 342 g/mol. The monoisotopic (exact) mass is 369 g/mol. The van der Waals surface area contributed by atoms with Gasteiger partial charge in [-0.15, -0.1) is 0 Å². The van der Waals surface area contributed by atoms with Crippen LogP contribution in [0.25, 0.3) is 0 Å². The minimum Gasteiger partial charge on any atom is -0.497 e. The van der Waals surface area contributed by atoms with Crippen molar-refractivity contribution in [3.8, 4) is 11.5 Å². The second kappa shape index (κ2) is 5.00. The fourth-order valence-electron chi connectivity index (χ4n) is 8.79. The van der Waals surface area contributed by atoms with E-state index in [-0.39, 0.29) is 5.79 Å². The normalized spacial score (nSPS) is 48.6. The number of hydrogen-bond acceptors (Lipinski definition) is 5. The van der Waals surface area contributed by atoms with Crippen LogP contribution in [-0.2, 0) is 16.0 Å². The molecule has 1 saturated heterocycles. The van der Waals surface area contributed by atoms with Crippen LogP contribution in [0.1, 0.15) is 12.0 Å². The maximum Gasteiger partial charge on any atom is 0.175 e. The number of nitrogens with one attached hydrogen (secondary N) is 1. The largest absolute Gasteiger partial charge is 0.497 e. The summed E-state index contributed by atoms with van der Waals surface area (Å²) in [6.07, 6.45) is 1.43. The van der Waals surface area contributed by atoms with Gasteiger partial charge in [0.15, 0.2) is 5.79 Å². The third-order valence-electron chi connectivity index (χ3n) is 9.07. The predicted octanol–water partition coefficient (Wildman–Crippen LogP) is 2.29. The van der Waals surface area contributed by atoms with E-state index in [2.05, 4.69) is 17.4 Å². The fourth-order valence-corrected chi connectivity index (χ4v) is 8.79. The maximum absolute atomic E-state index is 6.35. The number of rotatable bonds is 5. The van der Waals surface area contributed by atoms with Gasteiger partial charge in [-0.2, -0.15) is 0 Å². The van der Waals surface area contributed by atoms with E-state index in [1.165, 1.54) is 12.0 Å². The van der Waals surface area contributed by atoms with Crippen LogP contribution >= 0.6 is 0 Å². The third kappa shape index (κ3) is 1.62. The molecule has 0 aromatic heterocycles. The Morgan fingerprint density at radius 2 is 1.67 bits per heavy atom. The zero-order chi connectivity index (χ0) is 17.9. The second-order valence-corrected chi connectivity index (χ2v) is 9.47. The average molecular weight is 369 g/mol. The van der Waals surface area contributed by atoms with Gasteiger partial charge in [-0.05, 0) is 59.6 Å². The van der Waals surface area contributed by atoms with Crippen molar-refractivity contribution < 1.29 is 18.9 Å². The third-order valence-corrected chi connectivity index (χ3v) is 9.07. The lowest BCUT2D eigenvalue weighted by atomic mass is 9.57. The van der Waals surface area contributed by atoms with E-state index in [0.717, 1.165) is 66.8 Å². The molecule has 0 amide bonds. The fraction of sp³-hybridized carbons (Fsp3) is 0.727. The number of benzene rings is 1. The summed E-state index contributed by atoms with van der Waals surface area (Å²) in [6, 6.07) is 6.79. The molecule has 5 heteroatoms. The van der Waals surface area contributed by atoms with Crippen LogP contribution in [0.5, 0.6) is 11.5 Å². The SMILES string of the molecule is COc1cc(CN[C@@H]2[C@H]3[C@H]4[C@@H]5C[C@@H]6[C@H]4[C@H]3C3(OCCO3)[C@@H]6[C@@H]52)cc(OC)c1. The Morgan fingerprint density at radius 1 is 0.926 bits per heavy atom. The highest BCUT2D eigenvalue weighted by molar-refractivity contribution is 5.39. The van der Waals surface area contributed by atoms with Crippen molar-refractivity contribution in [1.29, 1.82) is 0 Å². The summed E-state index contributed by atoms with van der Waals surface area (Å²) in [5.74, 6) is 7.88. The van der Waals surface area contributed by atoms with Crippen molar-refractivity contribution in [2.45, 2.75) is 24.8 Å². The Bertz CT molecular complexity index is 783. The van der Waals surface area contributed by atoms with Crippen LogP contribution in [0.4, 0.5) is 0 Å². The smallest absolute Gasteiger partial charge is 0.175 e.